The Kier molecular flexibility index (Phi) is 3.31. The van der Waals surface area contributed by atoms with Crippen LogP contribution < -0.4 is 4.90 Å². The normalized spacial score (nSPS) is 21.5. The smallest absolute Gasteiger partial charge is 0.249 e. The van der Waals surface area contributed by atoms with Crippen LogP contribution in [0.3, 0.4) is 0 Å². The van der Waals surface area contributed by atoms with Gasteiger partial charge in [-0.3, -0.25) is 0 Å². The molecule has 0 unspecified atom stereocenters. The standard InChI is InChI=1S/C14H13FN4O2/c1-8-17-14(21-18-8)13-5-9(20)7-19(13)12-4-2-3-11(15)10(12)6-16/h2-4,9,13,20H,5,7H2,1H3/t9-,13+/m0/s1. The number of aromatic nitrogens is 2. The molecule has 7 heteroatoms. The summed E-state index contributed by atoms with van der Waals surface area (Å²) >= 11 is 0. The van der Waals surface area contributed by atoms with E-state index in [1.54, 1.807) is 17.9 Å². The van der Waals surface area contributed by atoms with Gasteiger partial charge in [-0.25, -0.2) is 4.39 Å². The quantitative estimate of drug-likeness (QED) is 0.905. The molecule has 3 rings (SSSR count). The Morgan fingerprint density at radius 3 is 3.00 bits per heavy atom. The minimum absolute atomic E-state index is 0.0483. The molecule has 0 aliphatic carbocycles. The number of β-amino-alcohol motifs (C(OH)–C–C–N with tert-alkyl or cyclic N) is 1. The predicted octanol–water partition coefficient (Wildman–Crippen LogP) is 1.70. The lowest BCUT2D eigenvalue weighted by Gasteiger charge is -2.24. The second kappa shape index (κ2) is 5.14. The zero-order valence-corrected chi connectivity index (χ0v) is 11.3. The fraction of sp³-hybridized carbons (Fsp3) is 0.357. The van der Waals surface area contributed by atoms with Crippen LogP contribution >= 0.6 is 0 Å². The first kappa shape index (κ1) is 13.5. The zero-order chi connectivity index (χ0) is 15.0. The van der Waals surface area contributed by atoms with E-state index in [0.29, 0.717) is 23.8 Å². The minimum Gasteiger partial charge on any atom is -0.391 e. The first-order chi connectivity index (χ1) is 10.1. The fourth-order valence-electron chi connectivity index (χ4n) is 2.63. The minimum atomic E-state index is -0.600. The SMILES string of the molecule is Cc1noc([C@H]2C[C@H](O)CN2c2cccc(F)c2C#N)n1. The number of hydrogen-bond donors (Lipinski definition) is 1. The summed E-state index contributed by atoms with van der Waals surface area (Å²) < 4.78 is 18.9. The third-order valence-electron chi connectivity index (χ3n) is 3.52. The van der Waals surface area contributed by atoms with Crippen LogP contribution in [0.2, 0.25) is 0 Å². The molecule has 0 saturated carbocycles. The number of rotatable bonds is 2. The van der Waals surface area contributed by atoms with E-state index in [4.69, 9.17) is 9.78 Å². The molecule has 6 nitrogen and oxygen atoms in total. The van der Waals surface area contributed by atoms with Gasteiger partial charge < -0.3 is 14.5 Å². The second-order valence-corrected chi connectivity index (χ2v) is 4.98. The lowest BCUT2D eigenvalue weighted by molar-refractivity contribution is 0.191. The Labute approximate surface area is 120 Å². The van der Waals surface area contributed by atoms with Crippen molar-refractivity contribution in [3.05, 3.63) is 41.3 Å². The number of benzene rings is 1. The number of nitrogens with zero attached hydrogens (tertiary/aromatic N) is 4. The van der Waals surface area contributed by atoms with Gasteiger partial charge in [0.1, 0.15) is 23.5 Å². The van der Waals surface area contributed by atoms with Gasteiger partial charge in [-0.05, 0) is 19.1 Å². The third-order valence-corrected chi connectivity index (χ3v) is 3.52. The van der Waals surface area contributed by atoms with Crippen LogP contribution in [0.15, 0.2) is 22.7 Å². The monoisotopic (exact) mass is 288 g/mol. The molecule has 2 aromatic rings. The lowest BCUT2D eigenvalue weighted by Crippen LogP contribution is -2.25. The van der Waals surface area contributed by atoms with Crippen molar-refractivity contribution in [1.82, 2.24) is 10.1 Å². The van der Waals surface area contributed by atoms with Gasteiger partial charge >= 0.3 is 0 Å². The molecule has 21 heavy (non-hydrogen) atoms. The highest BCUT2D eigenvalue weighted by molar-refractivity contribution is 5.61. The van der Waals surface area contributed by atoms with Crippen molar-refractivity contribution in [2.75, 3.05) is 11.4 Å². The molecule has 1 aliphatic heterocycles. The molecule has 1 aliphatic rings. The molecule has 108 valence electrons. The van der Waals surface area contributed by atoms with Crippen LogP contribution in [0.25, 0.3) is 0 Å². The summed E-state index contributed by atoms with van der Waals surface area (Å²) in [5.74, 6) is 0.264. The molecule has 0 amide bonds. The second-order valence-electron chi connectivity index (χ2n) is 4.98. The summed E-state index contributed by atoms with van der Waals surface area (Å²) in [5.41, 5.74) is 0.378. The van der Waals surface area contributed by atoms with E-state index in [1.165, 1.54) is 12.1 Å². The van der Waals surface area contributed by atoms with Gasteiger partial charge in [-0.1, -0.05) is 11.2 Å². The summed E-state index contributed by atoms with van der Waals surface area (Å²) in [5, 5.41) is 22.8. The van der Waals surface area contributed by atoms with Crippen molar-refractivity contribution >= 4 is 5.69 Å². The Morgan fingerprint density at radius 2 is 2.33 bits per heavy atom. The van der Waals surface area contributed by atoms with E-state index in [-0.39, 0.29) is 18.2 Å². The van der Waals surface area contributed by atoms with E-state index >= 15 is 0 Å². The number of nitriles is 1. The number of aryl methyl sites for hydroxylation is 1. The molecule has 2 heterocycles. The first-order valence-corrected chi connectivity index (χ1v) is 6.53. The highest BCUT2D eigenvalue weighted by Crippen LogP contribution is 2.37. The van der Waals surface area contributed by atoms with Gasteiger partial charge in [-0.2, -0.15) is 10.2 Å². The maximum absolute atomic E-state index is 13.8. The van der Waals surface area contributed by atoms with E-state index in [2.05, 4.69) is 10.1 Å². The van der Waals surface area contributed by atoms with Crippen molar-refractivity contribution in [3.63, 3.8) is 0 Å². The van der Waals surface area contributed by atoms with Crippen LogP contribution in [0, 0.1) is 24.1 Å². The van der Waals surface area contributed by atoms with Gasteiger partial charge in [0.05, 0.1) is 11.8 Å². The molecule has 1 aromatic heterocycles. The van der Waals surface area contributed by atoms with E-state index in [0.717, 1.165) is 0 Å². The maximum atomic E-state index is 13.8. The summed E-state index contributed by atoms with van der Waals surface area (Å²) in [6.07, 6.45) is -0.208. The number of halogens is 1. The lowest BCUT2D eigenvalue weighted by atomic mass is 10.1. The largest absolute Gasteiger partial charge is 0.391 e. The number of aliphatic hydroxyl groups excluding tert-OH is 1. The van der Waals surface area contributed by atoms with Crippen LogP contribution in [-0.4, -0.2) is 27.9 Å². The molecule has 1 aromatic carbocycles. The average molecular weight is 288 g/mol. The highest BCUT2D eigenvalue weighted by Gasteiger charge is 2.37. The molecule has 0 radical (unpaired) electrons. The van der Waals surface area contributed by atoms with Crippen LogP contribution in [0.5, 0.6) is 0 Å². The van der Waals surface area contributed by atoms with Crippen LogP contribution in [0.4, 0.5) is 10.1 Å². The van der Waals surface area contributed by atoms with E-state index < -0.39 is 11.9 Å². The number of hydrogen-bond acceptors (Lipinski definition) is 6. The number of anilines is 1. The van der Waals surface area contributed by atoms with Crippen molar-refractivity contribution < 1.29 is 14.0 Å². The maximum Gasteiger partial charge on any atom is 0.249 e. The molecule has 2 atom stereocenters. The molecular weight excluding hydrogens is 275 g/mol. The Bertz CT molecular complexity index is 709. The first-order valence-electron chi connectivity index (χ1n) is 6.53. The fourth-order valence-corrected chi connectivity index (χ4v) is 2.63. The van der Waals surface area contributed by atoms with Crippen molar-refractivity contribution in [2.45, 2.75) is 25.5 Å². The Morgan fingerprint density at radius 1 is 1.52 bits per heavy atom. The molecule has 1 saturated heterocycles. The summed E-state index contributed by atoms with van der Waals surface area (Å²) in [6, 6.07) is 5.92. The summed E-state index contributed by atoms with van der Waals surface area (Å²) in [6.45, 7) is 1.98. The zero-order valence-electron chi connectivity index (χ0n) is 11.3. The van der Waals surface area contributed by atoms with E-state index in [9.17, 15) is 9.50 Å². The van der Waals surface area contributed by atoms with Gasteiger partial charge in [-0.15, -0.1) is 0 Å². The molecule has 0 bridgehead atoms. The van der Waals surface area contributed by atoms with Gasteiger partial charge in [0.15, 0.2) is 5.82 Å². The van der Waals surface area contributed by atoms with Gasteiger partial charge in [0.25, 0.3) is 0 Å². The van der Waals surface area contributed by atoms with Crippen molar-refractivity contribution in [1.29, 1.82) is 5.26 Å². The Balaban J connectivity index is 2.04. The Hall–Kier alpha value is -2.46. The highest BCUT2D eigenvalue weighted by atomic mass is 19.1. The van der Waals surface area contributed by atoms with Crippen molar-refractivity contribution in [2.24, 2.45) is 0 Å². The predicted molar refractivity (Wildman–Crippen MR) is 70.9 cm³/mol. The molecular formula is C14H13FN4O2. The molecule has 1 fully saturated rings. The van der Waals surface area contributed by atoms with Crippen molar-refractivity contribution in [3.8, 4) is 6.07 Å². The summed E-state index contributed by atoms with van der Waals surface area (Å²) in [7, 11) is 0. The van der Waals surface area contributed by atoms with Crippen LogP contribution in [-0.2, 0) is 0 Å². The topological polar surface area (TPSA) is 86.2 Å². The molecule has 0 spiro atoms. The third kappa shape index (κ3) is 2.34. The average Bonchev–Trinajstić information content (AvgIpc) is 3.04. The van der Waals surface area contributed by atoms with Gasteiger partial charge in [0.2, 0.25) is 5.89 Å². The summed E-state index contributed by atoms with van der Waals surface area (Å²) in [4.78, 5) is 5.91. The van der Waals surface area contributed by atoms with Gasteiger partial charge in [0, 0.05) is 13.0 Å². The van der Waals surface area contributed by atoms with Crippen LogP contribution in [0.1, 0.15) is 29.7 Å². The number of aliphatic hydroxyl groups is 1. The molecule has 1 N–H and O–H groups in total. The van der Waals surface area contributed by atoms with E-state index in [1.807, 2.05) is 6.07 Å².